The van der Waals surface area contributed by atoms with Crippen LogP contribution in [0.2, 0.25) is 0 Å². The van der Waals surface area contributed by atoms with E-state index >= 15 is 0 Å². The first kappa shape index (κ1) is 26.3. The number of hydrogen-bond donors (Lipinski definition) is 3. The fourth-order valence-electron chi connectivity index (χ4n) is 3.22. The number of hydrogen-bond acceptors (Lipinski definition) is 4. The summed E-state index contributed by atoms with van der Waals surface area (Å²) in [7, 11) is 0. The summed E-state index contributed by atoms with van der Waals surface area (Å²) in [6.07, 6.45) is 20.8. The van der Waals surface area contributed by atoms with Crippen molar-refractivity contribution in [1.82, 2.24) is 0 Å². The molecule has 4 nitrogen and oxygen atoms in total. The van der Waals surface area contributed by atoms with E-state index in [1.54, 1.807) is 6.92 Å². The lowest BCUT2D eigenvalue weighted by Crippen LogP contribution is -2.28. The second-order valence-electron chi connectivity index (χ2n) is 7.85. The lowest BCUT2D eigenvalue weighted by atomic mass is 10.0. The maximum absolute atomic E-state index is 10.8. The molecule has 0 bridgehead atoms. The molecule has 0 fully saturated rings. The minimum atomic E-state index is -0.991. The number of carbonyl (C=O) groups is 1. The van der Waals surface area contributed by atoms with Gasteiger partial charge in [0.05, 0.1) is 12.7 Å². The van der Waals surface area contributed by atoms with Gasteiger partial charge in [-0.2, -0.15) is 0 Å². The van der Waals surface area contributed by atoms with Crippen LogP contribution in [0, 0.1) is 0 Å². The number of carbonyl (C=O) groups excluding carboxylic acids is 1. The zero-order chi connectivity index (χ0) is 20.2. The number of Topliss-reactive ketones (excluding diaryl/α,β-unsaturated/α-hetero) is 1. The molecule has 0 aliphatic heterocycles. The Balaban J connectivity index is 3.20. The van der Waals surface area contributed by atoms with Gasteiger partial charge in [-0.15, -0.1) is 0 Å². The molecule has 0 spiro atoms. The average molecular weight is 385 g/mol. The zero-order valence-electron chi connectivity index (χ0n) is 17.6. The van der Waals surface area contributed by atoms with Crippen molar-refractivity contribution >= 4 is 5.78 Å². The summed E-state index contributed by atoms with van der Waals surface area (Å²) >= 11 is 0. The molecular weight excluding hydrogens is 340 g/mol. The molecule has 0 radical (unpaired) electrons. The Morgan fingerprint density at radius 1 is 0.704 bits per heavy atom. The SMILES string of the molecule is CC(=O)CCCCCCCCC=CCCCCCCCCC(O)C(O)CO. The van der Waals surface area contributed by atoms with Crippen molar-refractivity contribution in [3.63, 3.8) is 0 Å². The number of unbranched alkanes of at least 4 members (excludes halogenated alkanes) is 12. The molecule has 27 heavy (non-hydrogen) atoms. The second kappa shape index (κ2) is 20.0. The smallest absolute Gasteiger partial charge is 0.129 e. The molecule has 0 amide bonds. The number of ketones is 1. The van der Waals surface area contributed by atoms with Crippen LogP contribution in [-0.4, -0.2) is 39.9 Å². The van der Waals surface area contributed by atoms with E-state index in [9.17, 15) is 15.0 Å². The van der Waals surface area contributed by atoms with Crippen molar-refractivity contribution in [2.24, 2.45) is 0 Å². The van der Waals surface area contributed by atoms with E-state index in [0.29, 0.717) is 12.2 Å². The van der Waals surface area contributed by atoms with Gasteiger partial charge in [0.25, 0.3) is 0 Å². The highest BCUT2D eigenvalue weighted by Crippen LogP contribution is 2.12. The molecule has 0 saturated carbocycles. The van der Waals surface area contributed by atoms with Gasteiger partial charge in [0.2, 0.25) is 0 Å². The van der Waals surface area contributed by atoms with Gasteiger partial charge in [-0.25, -0.2) is 0 Å². The molecule has 2 unspecified atom stereocenters. The standard InChI is InChI=1S/C23H44O4/c1-21(25)18-16-14-12-10-8-6-4-2-3-5-7-9-11-13-15-17-19-22(26)23(27)20-24/h2-3,22-24,26-27H,4-20H2,1H3. The highest BCUT2D eigenvalue weighted by molar-refractivity contribution is 5.75. The van der Waals surface area contributed by atoms with Gasteiger partial charge in [-0.1, -0.05) is 69.9 Å². The molecule has 3 N–H and O–H groups in total. The van der Waals surface area contributed by atoms with E-state index in [0.717, 1.165) is 25.7 Å². The molecule has 0 aliphatic carbocycles. The molecule has 0 rings (SSSR count). The first-order chi connectivity index (χ1) is 13.1. The molecular formula is C23H44O4. The topological polar surface area (TPSA) is 77.8 Å². The summed E-state index contributed by atoms with van der Waals surface area (Å²) in [5.74, 6) is 0.315. The normalized spacial score (nSPS) is 13.9. The third-order valence-corrected chi connectivity index (χ3v) is 5.07. The number of aliphatic hydroxyl groups is 3. The summed E-state index contributed by atoms with van der Waals surface area (Å²) in [5.41, 5.74) is 0. The minimum absolute atomic E-state index is 0.315. The van der Waals surface area contributed by atoms with Crippen molar-refractivity contribution in [1.29, 1.82) is 0 Å². The fourth-order valence-corrected chi connectivity index (χ4v) is 3.22. The van der Waals surface area contributed by atoms with Crippen molar-refractivity contribution in [2.75, 3.05) is 6.61 Å². The van der Waals surface area contributed by atoms with E-state index in [4.69, 9.17) is 5.11 Å². The molecule has 0 saturated heterocycles. The van der Waals surface area contributed by atoms with Crippen molar-refractivity contribution in [3.05, 3.63) is 12.2 Å². The summed E-state index contributed by atoms with van der Waals surface area (Å²) < 4.78 is 0. The summed E-state index contributed by atoms with van der Waals surface area (Å²) in [6, 6.07) is 0. The molecule has 2 atom stereocenters. The van der Waals surface area contributed by atoms with Crippen molar-refractivity contribution < 1.29 is 20.1 Å². The Morgan fingerprint density at radius 3 is 1.63 bits per heavy atom. The van der Waals surface area contributed by atoms with Crippen LogP contribution >= 0.6 is 0 Å². The quantitative estimate of drug-likeness (QED) is 0.202. The predicted octanol–water partition coefficient (Wildman–Crippen LogP) is 5.09. The van der Waals surface area contributed by atoms with E-state index in [1.807, 2.05) is 0 Å². The maximum atomic E-state index is 10.8. The van der Waals surface area contributed by atoms with Gasteiger partial charge < -0.3 is 20.1 Å². The van der Waals surface area contributed by atoms with E-state index in [1.165, 1.54) is 70.6 Å². The number of aliphatic hydroxyl groups excluding tert-OH is 3. The highest BCUT2D eigenvalue weighted by Gasteiger charge is 2.13. The van der Waals surface area contributed by atoms with Gasteiger partial charge in [0.15, 0.2) is 0 Å². The first-order valence-corrected chi connectivity index (χ1v) is 11.2. The van der Waals surface area contributed by atoms with Crippen LogP contribution in [0.3, 0.4) is 0 Å². The summed E-state index contributed by atoms with van der Waals surface area (Å²) in [4.78, 5) is 10.8. The Kier molecular flexibility index (Phi) is 19.5. The van der Waals surface area contributed by atoms with Crippen LogP contribution < -0.4 is 0 Å². The lowest BCUT2D eigenvalue weighted by molar-refractivity contribution is -0.117. The summed E-state index contributed by atoms with van der Waals surface area (Å²) in [5, 5.41) is 27.5. The number of allylic oxidation sites excluding steroid dienone is 2. The molecule has 160 valence electrons. The molecule has 0 heterocycles. The van der Waals surface area contributed by atoms with Gasteiger partial charge in [0, 0.05) is 6.42 Å². The lowest BCUT2D eigenvalue weighted by Gasteiger charge is -2.14. The maximum Gasteiger partial charge on any atom is 0.129 e. The van der Waals surface area contributed by atoms with Gasteiger partial charge in [0.1, 0.15) is 11.9 Å². The molecule has 0 aromatic heterocycles. The van der Waals surface area contributed by atoms with Crippen LogP contribution in [0.5, 0.6) is 0 Å². The third kappa shape index (κ3) is 19.8. The van der Waals surface area contributed by atoms with Crippen molar-refractivity contribution in [3.8, 4) is 0 Å². The monoisotopic (exact) mass is 384 g/mol. The fraction of sp³-hybridized carbons (Fsp3) is 0.870. The molecule has 0 aliphatic rings. The average Bonchev–Trinajstić information content (AvgIpc) is 2.65. The Labute approximate surface area is 167 Å². The van der Waals surface area contributed by atoms with Gasteiger partial charge >= 0.3 is 0 Å². The highest BCUT2D eigenvalue weighted by atomic mass is 16.4. The van der Waals surface area contributed by atoms with Crippen molar-refractivity contribution in [2.45, 2.75) is 122 Å². The van der Waals surface area contributed by atoms with Crippen LogP contribution in [0.25, 0.3) is 0 Å². The second-order valence-corrected chi connectivity index (χ2v) is 7.85. The largest absolute Gasteiger partial charge is 0.394 e. The van der Waals surface area contributed by atoms with E-state index in [-0.39, 0.29) is 6.61 Å². The van der Waals surface area contributed by atoms with Crippen LogP contribution in [0.1, 0.15) is 110 Å². The molecule has 0 aromatic carbocycles. The Morgan fingerprint density at radius 2 is 1.15 bits per heavy atom. The van der Waals surface area contributed by atoms with Gasteiger partial charge in [-0.3, -0.25) is 0 Å². The number of rotatable bonds is 20. The Hall–Kier alpha value is -0.710. The van der Waals surface area contributed by atoms with Gasteiger partial charge in [-0.05, 0) is 45.4 Å². The van der Waals surface area contributed by atoms with E-state index < -0.39 is 12.2 Å². The van der Waals surface area contributed by atoms with Crippen LogP contribution in [-0.2, 0) is 4.79 Å². The predicted molar refractivity (Wildman–Crippen MR) is 113 cm³/mol. The third-order valence-electron chi connectivity index (χ3n) is 5.07. The zero-order valence-corrected chi connectivity index (χ0v) is 17.6. The van der Waals surface area contributed by atoms with Crippen LogP contribution in [0.4, 0.5) is 0 Å². The van der Waals surface area contributed by atoms with E-state index in [2.05, 4.69) is 12.2 Å². The first-order valence-electron chi connectivity index (χ1n) is 11.2. The molecule has 4 heteroatoms. The van der Waals surface area contributed by atoms with Crippen LogP contribution in [0.15, 0.2) is 12.2 Å². The molecule has 0 aromatic rings. The summed E-state index contributed by atoms with van der Waals surface area (Å²) in [6.45, 7) is 1.31. The Bertz CT molecular complexity index is 354. The minimum Gasteiger partial charge on any atom is -0.394 e.